The Bertz CT molecular complexity index is 489. The van der Waals surface area contributed by atoms with Crippen LogP contribution in [0.15, 0.2) is 36.5 Å². The molecule has 0 unspecified atom stereocenters. The number of aromatic nitrogens is 1. The summed E-state index contributed by atoms with van der Waals surface area (Å²) in [7, 11) is 0. The van der Waals surface area contributed by atoms with E-state index < -0.39 is 0 Å². The van der Waals surface area contributed by atoms with Gasteiger partial charge in [-0.3, -0.25) is 4.98 Å². The summed E-state index contributed by atoms with van der Waals surface area (Å²) in [6.45, 7) is 4.38. The SMILES string of the molecule is CC(C)(N)COc1ccc2ncccc2c1. The number of nitrogens with two attached hydrogens (primary N) is 1. The van der Waals surface area contributed by atoms with Gasteiger partial charge in [-0.2, -0.15) is 0 Å². The number of nitrogens with zero attached hydrogens (tertiary/aromatic N) is 1. The van der Waals surface area contributed by atoms with Crippen molar-refractivity contribution >= 4 is 10.9 Å². The zero-order valence-electron chi connectivity index (χ0n) is 9.60. The largest absolute Gasteiger partial charge is 0.492 e. The Labute approximate surface area is 95.2 Å². The Morgan fingerprint density at radius 3 is 2.88 bits per heavy atom. The highest BCUT2D eigenvalue weighted by molar-refractivity contribution is 5.79. The third-order valence-corrected chi connectivity index (χ3v) is 2.19. The summed E-state index contributed by atoms with van der Waals surface area (Å²) in [6.07, 6.45) is 1.78. The number of rotatable bonds is 3. The summed E-state index contributed by atoms with van der Waals surface area (Å²) in [4.78, 5) is 4.25. The molecule has 0 aliphatic carbocycles. The Morgan fingerprint density at radius 2 is 2.12 bits per heavy atom. The molecule has 0 fully saturated rings. The lowest BCUT2D eigenvalue weighted by molar-refractivity contribution is 0.243. The van der Waals surface area contributed by atoms with E-state index in [2.05, 4.69) is 4.98 Å². The molecule has 16 heavy (non-hydrogen) atoms. The molecular weight excluding hydrogens is 200 g/mol. The van der Waals surface area contributed by atoms with Gasteiger partial charge in [0.05, 0.1) is 5.52 Å². The van der Waals surface area contributed by atoms with Gasteiger partial charge in [-0.1, -0.05) is 6.07 Å². The molecule has 0 aliphatic rings. The van der Waals surface area contributed by atoms with Crippen LogP contribution in [0.4, 0.5) is 0 Å². The van der Waals surface area contributed by atoms with Crippen molar-refractivity contribution in [1.29, 1.82) is 0 Å². The van der Waals surface area contributed by atoms with Crippen molar-refractivity contribution in [1.82, 2.24) is 4.98 Å². The highest BCUT2D eigenvalue weighted by Gasteiger charge is 2.11. The average Bonchev–Trinajstić information content (AvgIpc) is 2.25. The molecule has 1 heterocycles. The summed E-state index contributed by atoms with van der Waals surface area (Å²) in [5.41, 5.74) is 6.52. The van der Waals surface area contributed by atoms with Gasteiger partial charge in [-0.25, -0.2) is 0 Å². The van der Waals surface area contributed by atoms with Crippen LogP contribution in [0.3, 0.4) is 0 Å². The van der Waals surface area contributed by atoms with E-state index in [1.807, 2.05) is 44.2 Å². The first-order valence-electron chi connectivity index (χ1n) is 5.31. The van der Waals surface area contributed by atoms with Crippen molar-refractivity contribution in [3.8, 4) is 5.75 Å². The van der Waals surface area contributed by atoms with Gasteiger partial charge in [0.25, 0.3) is 0 Å². The maximum absolute atomic E-state index is 5.86. The standard InChI is InChI=1S/C13H16N2O/c1-13(2,14)9-16-11-5-6-12-10(8-11)4-3-7-15-12/h3-8H,9,14H2,1-2H3. The smallest absolute Gasteiger partial charge is 0.120 e. The number of ether oxygens (including phenoxy) is 1. The lowest BCUT2D eigenvalue weighted by Crippen LogP contribution is -2.38. The molecule has 2 aromatic rings. The van der Waals surface area contributed by atoms with E-state index in [1.165, 1.54) is 0 Å². The molecule has 1 aromatic heterocycles. The van der Waals surface area contributed by atoms with Crippen LogP contribution in [0.5, 0.6) is 5.75 Å². The Balaban J connectivity index is 2.20. The highest BCUT2D eigenvalue weighted by Crippen LogP contribution is 2.19. The summed E-state index contributed by atoms with van der Waals surface area (Å²) in [6, 6.07) is 9.78. The predicted molar refractivity (Wildman–Crippen MR) is 65.5 cm³/mol. The molecule has 0 atom stereocenters. The number of pyridine rings is 1. The van der Waals surface area contributed by atoms with Gasteiger partial charge in [0.1, 0.15) is 12.4 Å². The summed E-state index contributed by atoms with van der Waals surface area (Å²) < 4.78 is 5.63. The molecule has 0 radical (unpaired) electrons. The van der Waals surface area contributed by atoms with Gasteiger partial charge in [0.15, 0.2) is 0 Å². The van der Waals surface area contributed by atoms with Crippen molar-refractivity contribution in [2.45, 2.75) is 19.4 Å². The van der Waals surface area contributed by atoms with Crippen LogP contribution in [-0.4, -0.2) is 17.1 Å². The second-order valence-electron chi connectivity index (χ2n) is 4.64. The number of fused-ring (bicyclic) bond motifs is 1. The first-order valence-corrected chi connectivity index (χ1v) is 5.31. The lowest BCUT2D eigenvalue weighted by Gasteiger charge is -2.19. The first kappa shape index (κ1) is 10.9. The Morgan fingerprint density at radius 1 is 1.31 bits per heavy atom. The maximum atomic E-state index is 5.86. The minimum absolute atomic E-state index is 0.316. The summed E-state index contributed by atoms with van der Waals surface area (Å²) in [5, 5.41) is 1.08. The van der Waals surface area contributed by atoms with Crippen molar-refractivity contribution in [3.05, 3.63) is 36.5 Å². The van der Waals surface area contributed by atoms with Crippen molar-refractivity contribution in [3.63, 3.8) is 0 Å². The molecule has 0 saturated heterocycles. The van der Waals surface area contributed by atoms with Crippen LogP contribution < -0.4 is 10.5 Å². The summed E-state index contributed by atoms with van der Waals surface area (Å²) in [5.74, 6) is 0.832. The molecule has 1 aromatic carbocycles. The summed E-state index contributed by atoms with van der Waals surface area (Å²) >= 11 is 0. The van der Waals surface area contributed by atoms with Crippen LogP contribution in [0, 0.1) is 0 Å². The van der Waals surface area contributed by atoms with Crippen LogP contribution in [0.2, 0.25) is 0 Å². The van der Waals surface area contributed by atoms with Crippen molar-refractivity contribution < 1.29 is 4.74 Å². The van der Waals surface area contributed by atoms with Crippen LogP contribution in [0.25, 0.3) is 10.9 Å². The fourth-order valence-corrected chi connectivity index (χ4v) is 1.41. The van der Waals surface area contributed by atoms with Gasteiger partial charge in [-0.15, -0.1) is 0 Å². The highest BCUT2D eigenvalue weighted by atomic mass is 16.5. The fourth-order valence-electron chi connectivity index (χ4n) is 1.41. The minimum atomic E-state index is -0.316. The normalized spacial score (nSPS) is 11.7. The van der Waals surface area contributed by atoms with E-state index in [1.54, 1.807) is 6.20 Å². The Hall–Kier alpha value is -1.61. The van der Waals surface area contributed by atoms with Gasteiger partial charge >= 0.3 is 0 Å². The van der Waals surface area contributed by atoms with Crippen LogP contribution >= 0.6 is 0 Å². The quantitative estimate of drug-likeness (QED) is 0.856. The minimum Gasteiger partial charge on any atom is -0.492 e. The zero-order chi connectivity index (χ0) is 11.6. The lowest BCUT2D eigenvalue weighted by atomic mass is 10.1. The molecule has 0 spiro atoms. The molecule has 0 saturated carbocycles. The molecule has 3 nitrogen and oxygen atoms in total. The number of hydrogen-bond acceptors (Lipinski definition) is 3. The first-order chi connectivity index (χ1) is 7.54. The predicted octanol–water partition coefficient (Wildman–Crippen LogP) is 2.35. The topological polar surface area (TPSA) is 48.1 Å². The molecule has 2 N–H and O–H groups in total. The molecule has 84 valence electrons. The third-order valence-electron chi connectivity index (χ3n) is 2.19. The molecule has 0 aliphatic heterocycles. The van der Waals surface area contributed by atoms with Crippen LogP contribution in [0.1, 0.15) is 13.8 Å². The molecule has 0 amide bonds. The van der Waals surface area contributed by atoms with Gasteiger partial charge < -0.3 is 10.5 Å². The maximum Gasteiger partial charge on any atom is 0.120 e. The molecule has 0 bridgehead atoms. The second kappa shape index (κ2) is 4.10. The number of hydrogen-bond donors (Lipinski definition) is 1. The third kappa shape index (κ3) is 2.70. The number of benzene rings is 1. The van der Waals surface area contributed by atoms with E-state index in [0.717, 1.165) is 16.7 Å². The zero-order valence-corrected chi connectivity index (χ0v) is 9.60. The Kier molecular flexibility index (Phi) is 2.79. The average molecular weight is 216 g/mol. The second-order valence-corrected chi connectivity index (χ2v) is 4.64. The fraction of sp³-hybridized carbons (Fsp3) is 0.308. The van der Waals surface area contributed by atoms with Crippen LogP contribution in [-0.2, 0) is 0 Å². The van der Waals surface area contributed by atoms with Gasteiger partial charge in [0.2, 0.25) is 0 Å². The van der Waals surface area contributed by atoms with E-state index in [4.69, 9.17) is 10.5 Å². The van der Waals surface area contributed by atoms with Crippen molar-refractivity contribution in [2.24, 2.45) is 5.73 Å². The van der Waals surface area contributed by atoms with Crippen molar-refractivity contribution in [2.75, 3.05) is 6.61 Å². The van der Waals surface area contributed by atoms with E-state index in [9.17, 15) is 0 Å². The van der Waals surface area contributed by atoms with E-state index in [0.29, 0.717) is 6.61 Å². The van der Waals surface area contributed by atoms with E-state index >= 15 is 0 Å². The molecule has 2 rings (SSSR count). The molecule has 3 heteroatoms. The molecular formula is C13H16N2O. The van der Waals surface area contributed by atoms with Gasteiger partial charge in [-0.05, 0) is 38.1 Å². The van der Waals surface area contributed by atoms with E-state index in [-0.39, 0.29) is 5.54 Å². The monoisotopic (exact) mass is 216 g/mol. The van der Waals surface area contributed by atoms with Gasteiger partial charge in [0, 0.05) is 17.1 Å².